The van der Waals surface area contributed by atoms with Crippen LogP contribution in [0.2, 0.25) is 0 Å². The molecule has 2 rings (SSSR count). The van der Waals surface area contributed by atoms with E-state index < -0.39 is 10.0 Å². The van der Waals surface area contributed by atoms with E-state index in [1.807, 2.05) is 6.92 Å². The molecular formula is C10H12N4O2S2. The van der Waals surface area contributed by atoms with Crippen molar-refractivity contribution in [3.05, 3.63) is 28.8 Å². The lowest BCUT2D eigenvalue weighted by molar-refractivity contribution is 0.601. The fourth-order valence-electron chi connectivity index (χ4n) is 1.42. The second-order valence-electron chi connectivity index (χ2n) is 3.77. The molecule has 0 unspecified atom stereocenters. The van der Waals surface area contributed by atoms with Crippen molar-refractivity contribution in [2.24, 2.45) is 0 Å². The Labute approximate surface area is 109 Å². The molecule has 0 saturated carbocycles. The number of sulfonamides is 1. The molecule has 0 aliphatic rings. The molecule has 0 radical (unpaired) electrons. The van der Waals surface area contributed by atoms with E-state index in [-0.39, 0.29) is 15.7 Å². The minimum atomic E-state index is -3.71. The maximum atomic E-state index is 12.1. The Bertz CT molecular complexity index is 679. The van der Waals surface area contributed by atoms with Gasteiger partial charge in [-0.3, -0.25) is 4.72 Å². The zero-order chi connectivity index (χ0) is 13.3. The summed E-state index contributed by atoms with van der Waals surface area (Å²) in [5, 5.41) is 8.37. The standard InChI is InChI=1S/C10H12N4O2S2/c1-6-3-4-9(8(11)5-6)18(15,16)14-10-13-12-7(2)17-10/h3-5H,11H2,1-2H3,(H,13,14). The van der Waals surface area contributed by atoms with E-state index in [4.69, 9.17) is 5.73 Å². The number of rotatable bonds is 3. The van der Waals surface area contributed by atoms with Gasteiger partial charge in [0.05, 0.1) is 5.69 Å². The first-order valence-corrected chi connectivity index (χ1v) is 7.37. The van der Waals surface area contributed by atoms with Crippen LogP contribution < -0.4 is 10.5 Å². The number of nitrogens with one attached hydrogen (secondary N) is 1. The molecule has 0 amide bonds. The third-order valence-corrected chi connectivity index (χ3v) is 4.50. The van der Waals surface area contributed by atoms with Crippen molar-refractivity contribution in [2.45, 2.75) is 18.7 Å². The zero-order valence-corrected chi connectivity index (χ0v) is 11.5. The van der Waals surface area contributed by atoms with Crippen molar-refractivity contribution < 1.29 is 8.42 Å². The van der Waals surface area contributed by atoms with Crippen molar-refractivity contribution in [3.63, 3.8) is 0 Å². The van der Waals surface area contributed by atoms with E-state index in [0.717, 1.165) is 16.9 Å². The van der Waals surface area contributed by atoms with E-state index in [0.29, 0.717) is 5.01 Å². The van der Waals surface area contributed by atoms with Gasteiger partial charge in [-0.25, -0.2) is 8.42 Å². The van der Waals surface area contributed by atoms with Crippen LogP contribution in [0.3, 0.4) is 0 Å². The van der Waals surface area contributed by atoms with Gasteiger partial charge in [-0.2, -0.15) is 0 Å². The minimum absolute atomic E-state index is 0.0425. The molecular weight excluding hydrogens is 272 g/mol. The van der Waals surface area contributed by atoms with Gasteiger partial charge in [0.1, 0.15) is 9.90 Å². The highest BCUT2D eigenvalue weighted by atomic mass is 32.2. The number of nitrogen functional groups attached to an aromatic ring is 1. The summed E-state index contributed by atoms with van der Waals surface area (Å²) in [6, 6.07) is 4.77. The van der Waals surface area contributed by atoms with Crippen LogP contribution in [0.4, 0.5) is 10.8 Å². The lowest BCUT2D eigenvalue weighted by Gasteiger charge is -2.08. The third kappa shape index (κ3) is 2.59. The maximum Gasteiger partial charge on any atom is 0.265 e. The Hall–Kier alpha value is -1.67. The molecule has 1 aromatic carbocycles. The molecule has 6 nitrogen and oxygen atoms in total. The first-order chi connectivity index (χ1) is 8.38. The van der Waals surface area contributed by atoms with Crippen LogP contribution in [0.15, 0.2) is 23.1 Å². The zero-order valence-electron chi connectivity index (χ0n) is 9.84. The predicted molar refractivity (Wildman–Crippen MR) is 71.0 cm³/mol. The fraction of sp³-hybridized carbons (Fsp3) is 0.200. The van der Waals surface area contributed by atoms with Crippen LogP contribution in [0.5, 0.6) is 0 Å². The van der Waals surface area contributed by atoms with Gasteiger partial charge in [-0.15, -0.1) is 10.2 Å². The third-order valence-electron chi connectivity index (χ3n) is 2.20. The molecule has 0 bridgehead atoms. The first-order valence-electron chi connectivity index (χ1n) is 5.07. The summed E-state index contributed by atoms with van der Waals surface area (Å²) in [4.78, 5) is 0.0425. The highest BCUT2D eigenvalue weighted by Gasteiger charge is 2.19. The van der Waals surface area contributed by atoms with Gasteiger partial charge in [0, 0.05) is 0 Å². The number of hydrogen-bond donors (Lipinski definition) is 2. The molecule has 1 heterocycles. The van der Waals surface area contributed by atoms with Crippen LogP contribution in [0.1, 0.15) is 10.6 Å². The summed E-state index contributed by atoms with van der Waals surface area (Å²) in [5.41, 5.74) is 6.83. The number of aromatic nitrogens is 2. The number of anilines is 2. The van der Waals surface area contributed by atoms with Gasteiger partial charge in [0.25, 0.3) is 10.0 Å². The van der Waals surface area contributed by atoms with Gasteiger partial charge in [0.2, 0.25) is 5.13 Å². The van der Waals surface area contributed by atoms with Crippen LogP contribution in [0, 0.1) is 13.8 Å². The van der Waals surface area contributed by atoms with Crippen molar-refractivity contribution in [1.29, 1.82) is 0 Å². The SMILES string of the molecule is Cc1ccc(S(=O)(=O)Nc2nnc(C)s2)c(N)c1. The summed E-state index contributed by atoms with van der Waals surface area (Å²) in [6.45, 7) is 3.59. The monoisotopic (exact) mass is 284 g/mol. The minimum Gasteiger partial charge on any atom is -0.398 e. The summed E-state index contributed by atoms with van der Waals surface area (Å²) >= 11 is 1.16. The van der Waals surface area contributed by atoms with Crippen LogP contribution in [-0.2, 0) is 10.0 Å². The number of hydrogen-bond acceptors (Lipinski definition) is 6. The average Bonchev–Trinajstić information content (AvgIpc) is 2.62. The van der Waals surface area contributed by atoms with Gasteiger partial charge in [-0.1, -0.05) is 17.4 Å². The summed E-state index contributed by atoms with van der Waals surface area (Å²) in [7, 11) is -3.71. The first kappa shape index (κ1) is 12.8. The lowest BCUT2D eigenvalue weighted by Crippen LogP contribution is -2.14. The quantitative estimate of drug-likeness (QED) is 0.833. The number of nitrogens with zero attached hydrogens (tertiary/aromatic N) is 2. The van der Waals surface area contributed by atoms with Crippen molar-refractivity contribution in [1.82, 2.24) is 10.2 Å². The van der Waals surface area contributed by atoms with Gasteiger partial charge >= 0.3 is 0 Å². The van der Waals surface area contributed by atoms with Crippen LogP contribution in [0.25, 0.3) is 0 Å². The Balaban J connectivity index is 2.36. The largest absolute Gasteiger partial charge is 0.398 e. The molecule has 0 atom stereocenters. The van der Waals surface area contributed by atoms with Crippen molar-refractivity contribution >= 4 is 32.2 Å². The summed E-state index contributed by atoms with van der Waals surface area (Å²) in [5.74, 6) is 0. The highest BCUT2D eigenvalue weighted by molar-refractivity contribution is 7.93. The molecule has 0 aliphatic heterocycles. The fourth-order valence-corrected chi connectivity index (χ4v) is 3.36. The van der Waals surface area contributed by atoms with Gasteiger partial charge in [0.15, 0.2) is 0 Å². The Morgan fingerprint density at radius 3 is 2.56 bits per heavy atom. The molecule has 8 heteroatoms. The lowest BCUT2D eigenvalue weighted by atomic mass is 10.2. The molecule has 3 N–H and O–H groups in total. The van der Waals surface area contributed by atoms with E-state index in [1.54, 1.807) is 19.1 Å². The number of aryl methyl sites for hydroxylation is 2. The average molecular weight is 284 g/mol. The Morgan fingerprint density at radius 1 is 1.28 bits per heavy atom. The van der Waals surface area contributed by atoms with E-state index in [2.05, 4.69) is 14.9 Å². The molecule has 0 saturated heterocycles. The van der Waals surface area contributed by atoms with E-state index in [1.165, 1.54) is 6.07 Å². The van der Waals surface area contributed by atoms with Crippen molar-refractivity contribution in [2.75, 3.05) is 10.5 Å². The predicted octanol–water partition coefficient (Wildman–Crippen LogP) is 1.54. The summed E-state index contributed by atoms with van der Waals surface area (Å²) in [6.07, 6.45) is 0. The Kier molecular flexibility index (Phi) is 3.22. The van der Waals surface area contributed by atoms with Crippen LogP contribution in [-0.4, -0.2) is 18.6 Å². The normalized spacial score (nSPS) is 11.4. The van der Waals surface area contributed by atoms with Gasteiger partial charge < -0.3 is 5.73 Å². The second kappa shape index (κ2) is 4.54. The molecule has 0 spiro atoms. The van der Waals surface area contributed by atoms with E-state index >= 15 is 0 Å². The van der Waals surface area contributed by atoms with Crippen LogP contribution >= 0.6 is 11.3 Å². The second-order valence-corrected chi connectivity index (χ2v) is 6.61. The molecule has 1 aromatic heterocycles. The van der Waals surface area contributed by atoms with E-state index in [9.17, 15) is 8.42 Å². The highest BCUT2D eigenvalue weighted by Crippen LogP contribution is 2.23. The molecule has 18 heavy (non-hydrogen) atoms. The summed E-state index contributed by atoms with van der Waals surface area (Å²) < 4.78 is 26.5. The smallest absolute Gasteiger partial charge is 0.265 e. The molecule has 0 fully saturated rings. The molecule has 2 aromatic rings. The number of nitrogens with two attached hydrogens (primary N) is 1. The van der Waals surface area contributed by atoms with Gasteiger partial charge in [-0.05, 0) is 31.5 Å². The van der Waals surface area contributed by atoms with Crippen molar-refractivity contribution in [3.8, 4) is 0 Å². The molecule has 0 aliphatic carbocycles. The molecule has 96 valence electrons. The topological polar surface area (TPSA) is 98.0 Å². The number of benzene rings is 1. The maximum absolute atomic E-state index is 12.1. The Morgan fingerprint density at radius 2 is 2.00 bits per heavy atom.